The van der Waals surface area contributed by atoms with Crippen molar-refractivity contribution in [1.82, 2.24) is 25.3 Å². The van der Waals surface area contributed by atoms with E-state index in [0.717, 1.165) is 6.54 Å². The molecule has 0 aromatic carbocycles. The molecule has 0 bridgehead atoms. The number of rotatable bonds is 21. The van der Waals surface area contributed by atoms with Gasteiger partial charge in [-0.2, -0.15) is 0 Å². The highest BCUT2D eigenvalue weighted by Crippen LogP contribution is 2.26. The Hall–Kier alpha value is -1.97. The summed E-state index contributed by atoms with van der Waals surface area (Å²) in [5, 5.41) is 5.93. The number of amides is 3. The van der Waals surface area contributed by atoms with Gasteiger partial charge < -0.3 is 19.9 Å². The Morgan fingerprint density at radius 3 is 2.17 bits per heavy atom. The van der Waals surface area contributed by atoms with E-state index in [-0.39, 0.29) is 65.0 Å². The Kier molecular flexibility index (Phi) is 15.7. The largest absolute Gasteiger partial charge is 0.380 e. The lowest BCUT2D eigenvalue weighted by Gasteiger charge is -2.37. The minimum atomic E-state index is -0.335. The van der Waals surface area contributed by atoms with Crippen molar-refractivity contribution >= 4 is 57.6 Å². The first-order valence-corrected chi connectivity index (χ1v) is 17.6. The topological polar surface area (TPSA) is 128 Å². The van der Waals surface area contributed by atoms with Gasteiger partial charge in [-0.25, -0.2) is 0 Å². The van der Waals surface area contributed by atoms with Gasteiger partial charge in [-0.3, -0.25) is 38.7 Å². The van der Waals surface area contributed by atoms with Crippen LogP contribution < -0.4 is 10.6 Å². The fraction of sp³-hybridized carbons (Fsp3) is 0.812. The molecule has 14 heteroatoms. The molecule has 2 rings (SSSR count). The zero-order valence-corrected chi connectivity index (χ0v) is 30.9. The first-order valence-electron chi connectivity index (χ1n) is 16.3. The zero-order chi connectivity index (χ0) is 34.7. The van der Waals surface area contributed by atoms with Crippen molar-refractivity contribution in [3.8, 4) is 0 Å². The normalized spacial score (nSPS) is 20.7. The maximum Gasteiger partial charge on any atom is 0.240 e. The van der Waals surface area contributed by atoms with E-state index in [2.05, 4.69) is 22.6 Å². The molecule has 2 saturated heterocycles. The first kappa shape index (κ1) is 40.2. The average Bonchev–Trinajstić information content (AvgIpc) is 3.43. The second-order valence-electron chi connectivity index (χ2n) is 14.6. The second kappa shape index (κ2) is 18.0. The fourth-order valence-corrected chi connectivity index (χ4v) is 6.53. The van der Waals surface area contributed by atoms with E-state index in [0.29, 0.717) is 80.7 Å². The number of nitrogens with one attached hydrogen (secondary N) is 2. The summed E-state index contributed by atoms with van der Waals surface area (Å²) in [6, 6.07) is -0.0153. The number of Topliss-reactive ketones (excluding diaryl/α,β-unsaturated/α-hetero) is 2. The summed E-state index contributed by atoms with van der Waals surface area (Å²) in [5.41, 5.74) is -0.645. The molecule has 2 heterocycles. The van der Waals surface area contributed by atoms with Gasteiger partial charge in [-0.05, 0) is 20.1 Å². The van der Waals surface area contributed by atoms with Crippen LogP contribution in [0.2, 0.25) is 0 Å². The molecule has 2 aliphatic heterocycles. The third-order valence-electron chi connectivity index (χ3n) is 8.73. The summed E-state index contributed by atoms with van der Waals surface area (Å²) in [4.78, 5) is 67.6. The molecule has 12 nitrogen and oxygen atoms in total. The third kappa shape index (κ3) is 13.6. The van der Waals surface area contributed by atoms with Crippen LogP contribution in [-0.2, 0) is 28.7 Å². The van der Waals surface area contributed by atoms with Gasteiger partial charge in [-0.15, -0.1) is 0 Å². The number of likely N-dealkylation sites (N-methyl/N-ethyl adjacent to an activating group) is 3. The van der Waals surface area contributed by atoms with E-state index in [1.807, 2.05) is 53.5 Å². The molecule has 2 N–H and O–H groups in total. The van der Waals surface area contributed by atoms with Crippen LogP contribution in [0.3, 0.4) is 0 Å². The molecule has 0 aromatic heterocycles. The molecule has 2 fully saturated rings. The number of hydrogen-bond donors (Lipinski definition) is 2. The summed E-state index contributed by atoms with van der Waals surface area (Å²) >= 11 is 6.40. The number of hydrogen-bond acceptors (Lipinski definition) is 10. The van der Waals surface area contributed by atoms with Gasteiger partial charge in [0, 0.05) is 30.5 Å². The van der Waals surface area contributed by atoms with Crippen molar-refractivity contribution in [1.29, 1.82) is 0 Å². The van der Waals surface area contributed by atoms with Crippen molar-refractivity contribution in [2.75, 3.05) is 98.5 Å². The standard InChI is InChI=1S/C32H56N6O6S2/c1-9-35(7)15-25(39)13-24-14-26(40)18-38(24,8)12-11-36(10-2)16-27(41)33-20-31(3,4)22-44-23-32(5,6)21-34-28(42)17-37-29(43)19-46-30(37)45/h24H,9-23H2,1-8H3,(H-,33,34,41,42)/p+1/t24-,38?/m0/s1. The highest BCUT2D eigenvalue weighted by molar-refractivity contribution is 8.23. The highest BCUT2D eigenvalue weighted by atomic mass is 32.2. The van der Waals surface area contributed by atoms with Crippen molar-refractivity contribution < 1.29 is 33.2 Å². The molecule has 0 radical (unpaired) electrons. The van der Waals surface area contributed by atoms with Gasteiger partial charge >= 0.3 is 0 Å². The minimum absolute atomic E-state index is 0.0153. The number of nitrogens with zero attached hydrogens (tertiary/aromatic N) is 4. The van der Waals surface area contributed by atoms with Gasteiger partial charge in [-0.1, -0.05) is 65.5 Å². The Bertz CT molecular complexity index is 1100. The monoisotopic (exact) mass is 685 g/mol. The Morgan fingerprint density at radius 1 is 1.02 bits per heavy atom. The first-order chi connectivity index (χ1) is 21.4. The number of thioether (sulfide) groups is 1. The molecule has 0 aromatic rings. The number of thiocarbonyl (C=S) groups is 1. The summed E-state index contributed by atoms with van der Waals surface area (Å²) < 4.78 is 6.99. The number of ether oxygens (including phenoxy) is 1. The van der Waals surface area contributed by atoms with Crippen molar-refractivity contribution in [3.63, 3.8) is 0 Å². The van der Waals surface area contributed by atoms with E-state index >= 15 is 0 Å². The summed E-state index contributed by atoms with van der Waals surface area (Å²) in [7, 11) is 3.98. The Balaban J connectivity index is 1.73. The molecular formula is C32H57N6O6S2+. The SMILES string of the molecule is CCN(C)CC(=O)C[C@H]1CC(=O)C[N+]1(C)CCN(CC)CC(=O)NCC(C)(C)COCC(C)(C)CNC(=O)CN1C(=O)CSC1=S. The molecule has 46 heavy (non-hydrogen) atoms. The lowest BCUT2D eigenvalue weighted by Crippen LogP contribution is -2.53. The van der Waals surface area contributed by atoms with Gasteiger partial charge in [0.2, 0.25) is 17.7 Å². The predicted octanol–water partition coefficient (Wildman–Crippen LogP) is 1.17. The van der Waals surface area contributed by atoms with Crippen LogP contribution >= 0.6 is 24.0 Å². The highest BCUT2D eigenvalue weighted by Gasteiger charge is 2.44. The smallest absolute Gasteiger partial charge is 0.240 e. The maximum atomic E-state index is 12.9. The van der Waals surface area contributed by atoms with Crippen molar-refractivity contribution in [2.45, 2.75) is 60.4 Å². The molecule has 3 amide bonds. The summed E-state index contributed by atoms with van der Waals surface area (Å²) in [6.07, 6.45) is 0.834. The van der Waals surface area contributed by atoms with Gasteiger partial charge in [0.15, 0.2) is 11.6 Å². The van der Waals surface area contributed by atoms with E-state index < -0.39 is 0 Å². The number of carbonyl (C=O) groups excluding carboxylic acids is 5. The lowest BCUT2D eigenvalue weighted by molar-refractivity contribution is -0.916. The Labute approximate surface area is 285 Å². The Morgan fingerprint density at radius 2 is 1.63 bits per heavy atom. The quantitative estimate of drug-likeness (QED) is 0.134. The summed E-state index contributed by atoms with van der Waals surface area (Å²) in [5.74, 6) is 0.171. The molecule has 2 atom stereocenters. The average molecular weight is 686 g/mol. The number of quaternary nitrogens is 1. The molecule has 262 valence electrons. The maximum absolute atomic E-state index is 12.9. The number of likely N-dealkylation sites (tertiary alicyclic amines) is 1. The zero-order valence-electron chi connectivity index (χ0n) is 29.2. The van der Waals surface area contributed by atoms with Crippen LogP contribution in [0.5, 0.6) is 0 Å². The molecule has 0 spiro atoms. The number of carbonyl (C=O) groups is 5. The van der Waals surface area contributed by atoms with Gasteiger partial charge in [0.05, 0.1) is 58.5 Å². The van der Waals surface area contributed by atoms with E-state index in [1.54, 1.807) is 0 Å². The minimum Gasteiger partial charge on any atom is -0.380 e. The predicted molar refractivity (Wildman–Crippen MR) is 185 cm³/mol. The van der Waals surface area contributed by atoms with Gasteiger partial charge in [0.1, 0.15) is 23.5 Å². The van der Waals surface area contributed by atoms with Crippen molar-refractivity contribution in [2.24, 2.45) is 10.8 Å². The van der Waals surface area contributed by atoms with Crippen molar-refractivity contribution in [3.05, 3.63) is 0 Å². The number of ketones is 2. The third-order valence-corrected chi connectivity index (χ3v) is 10.2. The lowest BCUT2D eigenvalue weighted by atomic mass is 9.93. The molecular weight excluding hydrogens is 629 g/mol. The van der Waals surface area contributed by atoms with Crippen LogP contribution in [0.4, 0.5) is 0 Å². The van der Waals surface area contributed by atoms with Crippen LogP contribution in [0.15, 0.2) is 0 Å². The van der Waals surface area contributed by atoms with Crippen LogP contribution in [0.25, 0.3) is 0 Å². The van der Waals surface area contributed by atoms with E-state index in [9.17, 15) is 24.0 Å². The summed E-state index contributed by atoms with van der Waals surface area (Å²) in [6.45, 7) is 17.6. The van der Waals surface area contributed by atoms with E-state index in [1.165, 1.54) is 16.7 Å². The van der Waals surface area contributed by atoms with Crippen LogP contribution in [0.1, 0.15) is 54.4 Å². The molecule has 0 saturated carbocycles. The van der Waals surface area contributed by atoms with E-state index in [4.69, 9.17) is 17.0 Å². The molecule has 0 aliphatic carbocycles. The fourth-order valence-electron chi connectivity index (χ4n) is 5.47. The van der Waals surface area contributed by atoms with Crippen LogP contribution in [0, 0.1) is 10.8 Å². The van der Waals surface area contributed by atoms with Crippen LogP contribution in [-0.4, -0.2) is 157 Å². The molecule has 1 unspecified atom stereocenters. The van der Waals surface area contributed by atoms with Gasteiger partial charge in [0.25, 0.3) is 0 Å². The molecule has 2 aliphatic rings. The second-order valence-corrected chi connectivity index (χ2v) is 16.2.